The van der Waals surface area contributed by atoms with Crippen molar-refractivity contribution >= 4 is 28.1 Å². The molecule has 232 valence electrons. The van der Waals surface area contributed by atoms with Crippen LogP contribution in [0.4, 0.5) is 15.8 Å². The van der Waals surface area contributed by atoms with Gasteiger partial charge < -0.3 is 19.3 Å². The van der Waals surface area contributed by atoms with E-state index in [4.69, 9.17) is 4.74 Å². The fourth-order valence-corrected chi connectivity index (χ4v) is 8.09. The number of rotatable bonds is 7. The van der Waals surface area contributed by atoms with Gasteiger partial charge in [-0.1, -0.05) is 43.5 Å². The maximum atomic E-state index is 14.5. The van der Waals surface area contributed by atoms with Gasteiger partial charge in [0.15, 0.2) is 0 Å². The lowest BCUT2D eigenvalue weighted by Gasteiger charge is -2.46. The molecule has 4 aromatic rings. The first-order valence-corrected chi connectivity index (χ1v) is 16.3. The molecule has 1 aliphatic heterocycles. The Hall–Kier alpha value is -3.90. The number of aryl methyl sites for hydroxylation is 1. The number of halogens is 1. The minimum Gasteiger partial charge on any atom is -0.487 e. The summed E-state index contributed by atoms with van der Waals surface area (Å²) in [5.74, 6) is -1.59. The van der Waals surface area contributed by atoms with E-state index in [1.165, 1.54) is 18.6 Å². The summed E-state index contributed by atoms with van der Waals surface area (Å²) in [7, 11) is 0.123. The van der Waals surface area contributed by atoms with Crippen molar-refractivity contribution in [3.63, 3.8) is 0 Å². The number of hydrogen-bond donors (Lipinski definition) is 3. The molecule has 3 aromatic carbocycles. The molecule has 0 amide bonds. The summed E-state index contributed by atoms with van der Waals surface area (Å²) in [6, 6.07) is 17.0. The van der Waals surface area contributed by atoms with E-state index in [-0.39, 0.29) is 18.6 Å². The molecule has 1 saturated carbocycles. The van der Waals surface area contributed by atoms with E-state index in [1.54, 1.807) is 29.8 Å². The molecule has 0 bridgehead atoms. The summed E-state index contributed by atoms with van der Waals surface area (Å²) in [5, 5.41) is 9.65. The number of benzene rings is 3. The molecular formula is C33H37FN4O5S. The number of aromatic carboxylic acids is 1. The van der Waals surface area contributed by atoms with Gasteiger partial charge in [-0.05, 0) is 54.7 Å². The maximum Gasteiger partial charge on any atom is 0.338 e. The number of fused-ring (bicyclic) bond motifs is 1. The van der Waals surface area contributed by atoms with Crippen molar-refractivity contribution in [2.45, 2.75) is 49.6 Å². The number of aromatic nitrogens is 2. The van der Waals surface area contributed by atoms with Gasteiger partial charge in [0.05, 0.1) is 28.2 Å². The SMILES string of the molecule is CN1C(C2CCCCC2)CN(c2ccccc2)c2cc(OCc3cn(C)cn3)c(-c3ccc(F)c(C(=O)O)c3)cc2S1(O)O. The lowest BCUT2D eigenvalue weighted by atomic mass is 9.83. The number of imidazole rings is 1. The van der Waals surface area contributed by atoms with E-state index in [0.717, 1.165) is 37.4 Å². The topological polar surface area (TPSA) is 111 Å². The van der Waals surface area contributed by atoms with E-state index >= 15 is 0 Å². The fraction of sp³-hybridized carbons (Fsp3) is 0.333. The Morgan fingerprint density at radius 2 is 1.80 bits per heavy atom. The highest BCUT2D eigenvalue weighted by atomic mass is 32.3. The number of ether oxygens (including phenoxy) is 1. The second kappa shape index (κ2) is 12.2. The van der Waals surface area contributed by atoms with E-state index in [1.807, 2.05) is 48.1 Å². The Labute approximate surface area is 258 Å². The number of carbonyl (C=O) groups is 1. The fourth-order valence-electron chi connectivity index (χ4n) is 6.44. The third-order valence-corrected chi connectivity index (χ3v) is 10.8. The van der Waals surface area contributed by atoms with Gasteiger partial charge in [0.1, 0.15) is 18.2 Å². The first-order chi connectivity index (χ1) is 21.1. The van der Waals surface area contributed by atoms with Gasteiger partial charge >= 0.3 is 5.97 Å². The minimum absolute atomic E-state index is 0.117. The Morgan fingerprint density at radius 3 is 2.48 bits per heavy atom. The number of likely N-dealkylation sites (N-methyl/N-ethyl adjacent to an activating group) is 1. The van der Waals surface area contributed by atoms with Gasteiger partial charge in [-0.3, -0.25) is 9.11 Å². The number of hydrogen-bond acceptors (Lipinski definition) is 7. The first-order valence-electron chi connectivity index (χ1n) is 14.8. The average molecular weight is 621 g/mol. The third kappa shape index (κ3) is 5.80. The van der Waals surface area contributed by atoms with Crippen LogP contribution in [0.5, 0.6) is 5.75 Å². The largest absolute Gasteiger partial charge is 0.487 e. The van der Waals surface area contributed by atoms with Crippen LogP contribution < -0.4 is 9.64 Å². The Kier molecular flexibility index (Phi) is 8.38. The van der Waals surface area contributed by atoms with Crippen LogP contribution in [0.1, 0.15) is 48.2 Å². The highest BCUT2D eigenvalue weighted by Gasteiger charge is 2.41. The Morgan fingerprint density at radius 1 is 1.05 bits per heavy atom. The maximum absolute atomic E-state index is 14.5. The number of carboxylic acid groups (broad SMARTS) is 1. The van der Waals surface area contributed by atoms with E-state index in [9.17, 15) is 23.4 Å². The summed E-state index contributed by atoms with van der Waals surface area (Å²) in [6.45, 7) is 0.651. The van der Waals surface area contributed by atoms with Crippen molar-refractivity contribution in [3.8, 4) is 16.9 Å². The lowest BCUT2D eigenvalue weighted by Crippen LogP contribution is -2.45. The average Bonchev–Trinajstić information content (AvgIpc) is 3.42. The predicted octanol–water partition coefficient (Wildman–Crippen LogP) is 7.56. The van der Waals surface area contributed by atoms with Crippen LogP contribution in [-0.4, -0.2) is 53.7 Å². The van der Waals surface area contributed by atoms with E-state index in [2.05, 4.69) is 9.88 Å². The van der Waals surface area contributed by atoms with Crippen molar-refractivity contribution in [2.75, 3.05) is 18.5 Å². The van der Waals surface area contributed by atoms with E-state index < -0.39 is 28.1 Å². The molecule has 1 atom stereocenters. The molecule has 11 heteroatoms. The van der Waals surface area contributed by atoms with Gasteiger partial charge in [-0.25, -0.2) is 14.2 Å². The van der Waals surface area contributed by atoms with Crippen molar-refractivity contribution in [2.24, 2.45) is 13.0 Å². The number of anilines is 2. The van der Waals surface area contributed by atoms with Crippen LogP contribution in [0, 0.1) is 11.7 Å². The standard InChI is InChI=1S/C33H37FN4O5S/c1-36-18-24(35-21-36)20-43-31-17-29-32(16-26(31)23-13-14-28(34)27(15-23)33(39)40)44(41,42)37(2)30(22-9-5-3-6-10-22)19-38(29)25-11-7-4-8-12-25/h4,7-8,11-18,21-22,30,41-42H,3,5-6,9-10,19-20H2,1-2H3,(H,39,40). The smallest absolute Gasteiger partial charge is 0.338 e. The molecule has 0 spiro atoms. The molecule has 1 fully saturated rings. The molecule has 3 N–H and O–H groups in total. The monoisotopic (exact) mass is 620 g/mol. The molecule has 2 heterocycles. The molecule has 0 radical (unpaired) electrons. The van der Waals surface area contributed by atoms with Crippen molar-refractivity contribution in [3.05, 3.63) is 90.3 Å². The molecule has 9 nitrogen and oxygen atoms in total. The Bertz CT molecular complexity index is 1660. The molecule has 2 aliphatic rings. The highest BCUT2D eigenvalue weighted by Crippen LogP contribution is 2.61. The first kappa shape index (κ1) is 30.1. The van der Waals surface area contributed by atoms with Crippen LogP contribution in [-0.2, 0) is 13.7 Å². The summed E-state index contributed by atoms with van der Waals surface area (Å²) < 4.78 is 48.4. The van der Waals surface area contributed by atoms with Crippen molar-refractivity contribution in [1.82, 2.24) is 13.9 Å². The lowest BCUT2D eigenvalue weighted by molar-refractivity contribution is 0.0692. The second-order valence-electron chi connectivity index (χ2n) is 11.6. The van der Waals surface area contributed by atoms with Crippen LogP contribution in [0.15, 0.2) is 78.1 Å². The molecule has 1 aliphatic carbocycles. The molecule has 1 unspecified atom stereocenters. The second-order valence-corrected chi connectivity index (χ2v) is 13.7. The van der Waals surface area contributed by atoms with Crippen molar-refractivity contribution < 1.29 is 28.1 Å². The van der Waals surface area contributed by atoms with Gasteiger partial charge in [0.2, 0.25) is 0 Å². The van der Waals surface area contributed by atoms with Crippen LogP contribution >= 0.6 is 10.8 Å². The van der Waals surface area contributed by atoms with Gasteiger partial charge in [0, 0.05) is 50.2 Å². The van der Waals surface area contributed by atoms with Crippen molar-refractivity contribution in [1.29, 1.82) is 0 Å². The molecule has 6 rings (SSSR count). The summed E-state index contributed by atoms with van der Waals surface area (Å²) in [5.41, 5.74) is 2.47. The van der Waals surface area contributed by atoms with Gasteiger partial charge in [-0.2, -0.15) is 4.31 Å². The summed E-state index contributed by atoms with van der Waals surface area (Å²) in [4.78, 5) is 18.6. The zero-order valence-corrected chi connectivity index (χ0v) is 25.6. The quantitative estimate of drug-likeness (QED) is 0.194. The van der Waals surface area contributed by atoms with Gasteiger partial charge in [-0.15, -0.1) is 10.8 Å². The summed E-state index contributed by atoms with van der Waals surface area (Å²) in [6.07, 6.45) is 8.93. The number of para-hydroxylation sites is 1. The highest BCUT2D eigenvalue weighted by molar-refractivity contribution is 8.22. The predicted molar refractivity (Wildman–Crippen MR) is 169 cm³/mol. The normalized spacial score (nSPS) is 19.7. The van der Waals surface area contributed by atoms with Crippen LogP contribution in [0.25, 0.3) is 11.1 Å². The molecular weight excluding hydrogens is 583 g/mol. The number of nitrogens with zero attached hydrogens (tertiary/aromatic N) is 4. The van der Waals surface area contributed by atoms with E-state index in [0.29, 0.717) is 39.7 Å². The summed E-state index contributed by atoms with van der Waals surface area (Å²) >= 11 is 0. The molecule has 1 aromatic heterocycles. The zero-order valence-electron chi connectivity index (χ0n) is 24.8. The Balaban J connectivity index is 1.55. The zero-order chi connectivity index (χ0) is 31.0. The van der Waals surface area contributed by atoms with Crippen LogP contribution in [0.3, 0.4) is 0 Å². The third-order valence-electron chi connectivity index (χ3n) is 8.79. The van der Waals surface area contributed by atoms with Gasteiger partial charge in [0.25, 0.3) is 0 Å². The molecule has 44 heavy (non-hydrogen) atoms. The van der Waals surface area contributed by atoms with Crippen LogP contribution in [0.2, 0.25) is 0 Å². The molecule has 0 saturated heterocycles. The minimum atomic E-state index is -3.51. The number of carboxylic acids is 1.